The largest absolute Gasteiger partial charge is 0.468 e. The first-order valence-electron chi connectivity index (χ1n) is 8.93. The van der Waals surface area contributed by atoms with Crippen molar-refractivity contribution in [3.05, 3.63) is 41.1 Å². The number of ether oxygens (including phenoxy) is 2. The number of nitrogens with zero attached hydrogens (tertiary/aromatic N) is 3. The van der Waals surface area contributed by atoms with Gasteiger partial charge >= 0.3 is 11.9 Å². The summed E-state index contributed by atoms with van der Waals surface area (Å²) < 4.78 is 11.6. The molecular weight excluding hydrogens is 412 g/mol. The molecule has 1 aliphatic rings. The third-order valence-corrected chi connectivity index (χ3v) is 5.86. The Kier molecular flexibility index (Phi) is 6.86. The molecule has 0 saturated heterocycles. The molecule has 0 aliphatic carbocycles. The third-order valence-electron chi connectivity index (χ3n) is 4.31. The van der Waals surface area contributed by atoms with Gasteiger partial charge in [-0.15, -0.1) is 16.9 Å². The Morgan fingerprint density at radius 1 is 1.28 bits per heavy atom. The standard InChI is InChI=1S/C19H22N4O4S2/c1-5-27-17(25)15-11(2)20-18-21-19(29-10-14(24)26-3)22-23(18)16(15)12-6-8-13(28-4)9-7-12/h6-9,16H,5,10H2,1-4H3,(H,20,21,22). The number of nitrogens with one attached hydrogen (secondary N) is 1. The molecule has 0 bridgehead atoms. The first kappa shape index (κ1) is 21.3. The van der Waals surface area contributed by atoms with Crippen LogP contribution in [0.4, 0.5) is 5.95 Å². The Balaban J connectivity index is 2.02. The molecule has 0 saturated carbocycles. The van der Waals surface area contributed by atoms with Crippen molar-refractivity contribution < 1.29 is 19.1 Å². The molecule has 8 nitrogen and oxygen atoms in total. The first-order valence-corrected chi connectivity index (χ1v) is 11.1. The number of anilines is 1. The number of allylic oxidation sites excluding steroid dienone is 1. The molecule has 0 amide bonds. The highest BCUT2D eigenvalue weighted by atomic mass is 32.2. The number of hydrogen-bond acceptors (Lipinski definition) is 9. The van der Waals surface area contributed by atoms with E-state index in [1.54, 1.807) is 23.4 Å². The molecule has 0 radical (unpaired) electrons. The van der Waals surface area contributed by atoms with Crippen molar-refractivity contribution >= 4 is 41.4 Å². The maximum absolute atomic E-state index is 12.7. The van der Waals surface area contributed by atoms with Gasteiger partial charge in [0.15, 0.2) is 0 Å². The van der Waals surface area contributed by atoms with E-state index < -0.39 is 12.0 Å². The molecule has 1 N–H and O–H groups in total. The minimum atomic E-state index is -0.485. The number of methoxy groups -OCH3 is 1. The lowest BCUT2D eigenvalue weighted by molar-refractivity contribution is -0.139. The summed E-state index contributed by atoms with van der Waals surface area (Å²) in [5, 5.41) is 8.08. The number of hydrogen-bond donors (Lipinski definition) is 1. The van der Waals surface area contributed by atoms with Crippen LogP contribution in [0.3, 0.4) is 0 Å². The molecule has 10 heteroatoms. The minimum absolute atomic E-state index is 0.101. The summed E-state index contributed by atoms with van der Waals surface area (Å²) in [5.41, 5.74) is 2.03. The van der Waals surface area contributed by atoms with E-state index in [9.17, 15) is 9.59 Å². The van der Waals surface area contributed by atoms with Gasteiger partial charge in [-0.1, -0.05) is 23.9 Å². The van der Waals surface area contributed by atoms with Gasteiger partial charge in [-0.2, -0.15) is 4.98 Å². The van der Waals surface area contributed by atoms with Crippen LogP contribution in [-0.4, -0.2) is 52.4 Å². The number of aromatic nitrogens is 3. The molecule has 154 valence electrons. The van der Waals surface area contributed by atoms with Crippen LogP contribution in [0.2, 0.25) is 0 Å². The van der Waals surface area contributed by atoms with Gasteiger partial charge in [-0.05, 0) is 37.8 Å². The van der Waals surface area contributed by atoms with Crippen LogP contribution < -0.4 is 5.32 Å². The van der Waals surface area contributed by atoms with Gasteiger partial charge in [0.1, 0.15) is 6.04 Å². The van der Waals surface area contributed by atoms with Crippen LogP contribution in [0.15, 0.2) is 45.6 Å². The number of esters is 2. The molecule has 2 aromatic rings. The number of thioether (sulfide) groups is 2. The Morgan fingerprint density at radius 3 is 2.62 bits per heavy atom. The number of fused-ring (bicyclic) bond motifs is 1. The van der Waals surface area contributed by atoms with E-state index in [0.717, 1.165) is 10.5 Å². The molecular formula is C19H22N4O4S2. The lowest BCUT2D eigenvalue weighted by Crippen LogP contribution is -2.29. The van der Waals surface area contributed by atoms with E-state index in [1.165, 1.54) is 18.9 Å². The second kappa shape index (κ2) is 9.36. The molecule has 1 aliphatic heterocycles. The SMILES string of the molecule is CCOC(=O)C1=C(C)Nc2nc(SCC(=O)OC)nn2C1c1ccc(SC)cc1. The quantitative estimate of drug-likeness (QED) is 0.521. The predicted octanol–water partition coefficient (Wildman–Crippen LogP) is 3.12. The summed E-state index contributed by atoms with van der Waals surface area (Å²) in [7, 11) is 1.34. The molecule has 29 heavy (non-hydrogen) atoms. The smallest absolute Gasteiger partial charge is 0.338 e. The highest BCUT2D eigenvalue weighted by Gasteiger charge is 2.35. The van der Waals surface area contributed by atoms with Crippen LogP contribution in [-0.2, 0) is 19.1 Å². The number of benzene rings is 1. The van der Waals surface area contributed by atoms with Gasteiger partial charge in [-0.3, -0.25) is 4.79 Å². The van der Waals surface area contributed by atoms with Crippen molar-refractivity contribution in [2.75, 3.05) is 31.0 Å². The van der Waals surface area contributed by atoms with Crippen molar-refractivity contribution in [3.8, 4) is 0 Å². The van der Waals surface area contributed by atoms with Gasteiger partial charge in [0, 0.05) is 10.6 Å². The second-order valence-corrected chi connectivity index (χ2v) is 7.91. The summed E-state index contributed by atoms with van der Waals surface area (Å²) in [6, 6.07) is 7.47. The molecule has 1 aromatic carbocycles. The average Bonchev–Trinajstić information content (AvgIpc) is 3.13. The van der Waals surface area contributed by atoms with E-state index >= 15 is 0 Å². The van der Waals surface area contributed by atoms with E-state index in [0.29, 0.717) is 22.4 Å². The third kappa shape index (κ3) is 4.59. The highest BCUT2D eigenvalue weighted by Crippen LogP contribution is 2.37. The van der Waals surface area contributed by atoms with Crippen molar-refractivity contribution in [2.24, 2.45) is 0 Å². The predicted molar refractivity (Wildman–Crippen MR) is 112 cm³/mol. The average molecular weight is 435 g/mol. The highest BCUT2D eigenvalue weighted by molar-refractivity contribution is 7.99. The lowest BCUT2D eigenvalue weighted by Gasteiger charge is -2.28. The van der Waals surface area contributed by atoms with Gasteiger partial charge in [-0.25, -0.2) is 9.48 Å². The number of carbonyl (C=O) groups excluding carboxylic acids is 2. The van der Waals surface area contributed by atoms with E-state index in [1.807, 2.05) is 37.4 Å². The zero-order valence-corrected chi connectivity index (χ0v) is 18.2. The van der Waals surface area contributed by atoms with Crippen LogP contribution in [0.25, 0.3) is 0 Å². The number of rotatable bonds is 7. The molecule has 1 aromatic heterocycles. The molecule has 2 heterocycles. The van der Waals surface area contributed by atoms with Crippen LogP contribution in [0, 0.1) is 0 Å². The van der Waals surface area contributed by atoms with Crippen LogP contribution in [0.5, 0.6) is 0 Å². The normalized spacial score (nSPS) is 15.5. The zero-order valence-electron chi connectivity index (χ0n) is 16.6. The van der Waals surface area contributed by atoms with Gasteiger partial charge in [0.2, 0.25) is 11.1 Å². The zero-order chi connectivity index (χ0) is 21.0. The minimum Gasteiger partial charge on any atom is -0.468 e. The Hall–Kier alpha value is -2.46. The summed E-state index contributed by atoms with van der Waals surface area (Å²) in [4.78, 5) is 29.8. The fourth-order valence-electron chi connectivity index (χ4n) is 2.94. The molecule has 3 rings (SSSR count). The van der Waals surface area contributed by atoms with Gasteiger partial charge in [0.25, 0.3) is 0 Å². The van der Waals surface area contributed by atoms with Crippen molar-refractivity contribution in [1.29, 1.82) is 0 Å². The van der Waals surface area contributed by atoms with Crippen molar-refractivity contribution in [3.63, 3.8) is 0 Å². The van der Waals surface area contributed by atoms with Crippen molar-refractivity contribution in [2.45, 2.75) is 29.9 Å². The van der Waals surface area contributed by atoms with E-state index in [4.69, 9.17) is 4.74 Å². The Bertz CT molecular complexity index is 940. The fourth-order valence-corrected chi connectivity index (χ4v) is 4.01. The summed E-state index contributed by atoms with van der Waals surface area (Å²) in [6.45, 7) is 3.86. The fraction of sp³-hybridized carbons (Fsp3) is 0.368. The Labute approximate surface area is 177 Å². The van der Waals surface area contributed by atoms with E-state index in [-0.39, 0.29) is 18.3 Å². The monoisotopic (exact) mass is 434 g/mol. The maximum atomic E-state index is 12.7. The maximum Gasteiger partial charge on any atom is 0.338 e. The summed E-state index contributed by atoms with van der Waals surface area (Å²) in [5.74, 6) is -0.158. The Morgan fingerprint density at radius 2 is 2.00 bits per heavy atom. The van der Waals surface area contributed by atoms with Gasteiger partial charge < -0.3 is 14.8 Å². The van der Waals surface area contributed by atoms with Crippen LogP contribution >= 0.6 is 23.5 Å². The molecule has 1 unspecified atom stereocenters. The topological polar surface area (TPSA) is 95.3 Å². The lowest BCUT2D eigenvalue weighted by atomic mass is 9.96. The van der Waals surface area contributed by atoms with Crippen molar-refractivity contribution in [1.82, 2.24) is 14.8 Å². The number of carbonyl (C=O) groups is 2. The van der Waals surface area contributed by atoms with E-state index in [2.05, 4.69) is 20.1 Å². The second-order valence-electron chi connectivity index (χ2n) is 6.09. The molecule has 0 spiro atoms. The summed E-state index contributed by atoms with van der Waals surface area (Å²) in [6.07, 6.45) is 2.01. The molecule has 1 atom stereocenters. The van der Waals surface area contributed by atoms with Gasteiger partial charge in [0.05, 0.1) is 25.0 Å². The first-order chi connectivity index (χ1) is 14.0. The molecule has 0 fully saturated rings. The van der Waals surface area contributed by atoms with Crippen LogP contribution in [0.1, 0.15) is 25.5 Å². The summed E-state index contributed by atoms with van der Waals surface area (Å²) >= 11 is 2.82.